The Bertz CT molecular complexity index is 876. The predicted molar refractivity (Wildman–Crippen MR) is 107 cm³/mol. The van der Waals surface area contributed by atoms with Crippen molar-refractivity contribution in [1.29, 1.82) is 0 Å². The minimum absolute atomic E-state index is 0.0266. The van der Waals surface area contributed by atoms with Crippen molar-refractivity contribution in [1.82, 2.24) is 21.3 Å². The van der Waals surface area contributed by atoms with Crippen LogP contribution in [0.15, 0.2) is 34.7 Å². The number of carbonyl (C=O) groups is 3. The van der Waals surface area contributed by atoms with Gasteiger partial charge in [0.1, 0.15) is 5.58 Å². The molecule has 3 unspecified atom stereocenters. The first-order chi connectivity index (χ1) is 14.1. The number of furan rings is 1. The van der Waals surface area contributed by atoms with Gasteiger partial charge in [-0.1, -0.05) is 31.0 Å². The lowest BCUT2D eigenvalue weighted by Gasteiger charge is -2.39. The first-order valence-electron chi connectivity index (χ1n) is 10.2. The molecule has 2 fully saturated rings. The van der Waals surface area contributed by atoms with Crippen molar-refractivity contribution >= 4 is 28.7 Å². The van der Waals surface area contributed by atoms with Crippen LogP contribution in [0.1, 0.15) is 42.7 Å². The van der Waals surface area contributed by atoms with Crippen molar-refractivity contribution in [2.75, 3.05) is 13.1 Å². The number of benzene rings is 1. The third-order valence-corrected chi connectivity index (χ3v) is 5.62. The number of amides is 3. The summed E-state index contributed by atoms with van der Waals surface area (Å²) in [7, 11) is 0. The van der Waals surface area contributed by atoms with Crippen LogP contribution >= 0.6 is 0 Å². The molecule has 1 aliphatic heterocycles. The quantitative estimate of drug-likeness (QED) is 0.548. The normalized spacial score (nSPS) is 23.9. The average molecular weight is 398 g/mol. The summed E-state index contributed by atoms with van der Waals surface area (Å²) in [5.41, 5.74) is 0.673. The Morgan fingerprint density at radius 3 is 2.76 bits per heavy atom. The van der Waals surface area contributed by atoms with Gasteiger partial charge in [-0.3, -0.25) is 19.7 Å². The molecular formula is C21H26N4O4. The van der Waals surface area contributed by atoms with Gasteiger partial charge < -0.3 is 20.4 Å². The van der Waals surface area contributed by atoms with Gasteiger partial charge in [-0.2, -0.15) is 0 Å². The molecule has 1 aromatic heterocycles. The number of para-hydroxylation sites is 1. The summed E-state index contributed by atoms with van der Waals surface area (Å²) < 4.78 is 5.53. The van der Waals surface area contributed by atoms with Crippen molar-refractivity contribution < 1.29 is 18.8 Å². The smallest absolute Gasteiger partial charge is 0.287 e. The fourth-order valence-corrected chi connectivity index (χ4v) is 4.08. The summed E-state index contributed by atoms with van der Waals surface area (Å²) in [6.45, 7) is 0.812. The maximum atomic E-state index is 12.3. The molecule has 2 heterocycles. The van der Waals surface area contributed by atoms with Gasteiger partial charge in [0, 0.05) is 24.5 Å². The van der Waals surface area contributed by atoms with Crippen molar-refractivity contribution in [3.63, 3.8) is 0 Å². The third kappa shape index (κ3) is 4.42. The summed E-state index contributed by atoms with van der Waals surface area (Å²) in [6.07, 6.45) is 3.84. The van der Waals surface area contributed by atoms with E-state index in [2.05, 4.69) is 21.3 Å². The largest absolute Gasteiger partial charge is 0.451 e. The van der Waals surface area contributed by atoms with Crippen molar-refractivity contribution in [3.8, 4) is 0 Å². The zero-order chi connectivity index (χ0) is 20.2. The van der Waals surface area contributed by atoms with Gasteiger partial charge >= 0.3 is 0 Å². The number of rotatable bonds is 6. The minimum Gasteiger partial charge on any atom is -0.451 e. The lowest BCUT2D eigenvalue weighted by molar-refractivity contribution is -0.137. The van der Waals surface area contributed by atoms with Crippen LogP contribution in [0.2, 0.25) is 0 Å². The van der Waals surface area contributed by atoms with Crippen LogP contribution in [0.5, 0.6) is 0 Å². The molecule has 0 radical (unpaired) electrons. The Kier molecular flexibility index (Phi) is 5.80. The molecule has 1 aromatic carbocycles. The second-order valence-corrected chi connectivity index (χ2v) is 7.65. The Morgan fingerprint density at radius 2 is 1.90 bits per heavy atom. The molecule has 1 saturated carbocycles. The van der Waals surface area contributed by atoms with E-state index >= 15 is 0 Å². The van der Waals surface area contributed by atoms with Gasteiger partial charge in [0.05, 0.1) is 5.92 Å². The molecule has 3 amide bonds. The van der Waals surface area contributed by atoms with Crippen molar-refractivity contribution in [3.05, 3.63) is 36.1 Å². The second-order valence-electron chi connectivity index (χ2n) is 7.65. The lowest BCUT2D eigenvalue weighted by atomic mass is 9.82. The first-order valence-corrected chi connectivity index (χ1v) is 10.2. The number of fused-ring (bicyclic) bond motifs is 2. The molecular weight excluding hydrogens is 372 g/mol. The van der Waals surface area contributed by atoms with Crippen molar-refractivity contribution in [2.45, 2.75) is 44.3 Å². The van der Waals surface area contributed by atoms with Crippen LogP contribution in [0.25, 0.3) is 11.0 Å². The van der Waals surface area contributed by atoms with E-state index in [1.807, 2.05) is 24.3 Å². The van der Waals surface area contributed by atoms with E-state index in [0.29, 0.717) is 25.1 Å². The minimum atomic E-state index is -0.688. The fraction of sp³-hybridized carbons (Fsp3) is 0.476. The number of hydrogen-bond donors (Lipinski definition) is 4. The van der Waals surface area contributed by atoms with E-state index in [9.17, 15) is 14.4 Å². The fourth-order valence-electron chi connectivity index (χ4n) is 4.08. The average Bonchev–Trinajstić information content (AvgIpc) is 3.17. The summed E-state index contributed by atoms with van der Waals surface area (Å²) in [6, 6.07) is 9.24. The number of carbonyl (C=O) groups excluding carboxylic acids is 3. The van der Waals surface area contributed by atoms with Gasteiger partial charge in [-0.15, -0.1) is 0 Å². The maximum Gasteiger partial charge on any atom is 0.287 e. The molecule has 1 saturated heterocycles. The van der Waals surface area contributed by atoms with Crippen LogP contribution in [-0.4, -0.2) is 43.0 Å². The number of hydrogen-bond acceptors (Lipinski definition) is 5. The molecule has 2 aromatic rings. The summed E-state index contributed by atoms with van der Waals surface area (Å²) in [5, 5.41) is 12.5. The summed E-state index contributed by atoms with van der Waals surface area (Å²) in [4.78, 5) is 36.7. The molecule has 4 rings (SSSR count). The Labute approximate surface area is 168 Å². The molecule has 0 spiro atoms. The standard InChI is InChI=1S/C21H26N4O4/c26-19-14-7-2-3-8-15(14)24-18(25-19)21(28)23-11-5-10-22-20(27)17-12-13-6-1-4-9-16(13)29-17/h1,4,6,9,12,14-15,18,24H,2-3,5,7-8,10-11H2,(H,22,27)(H,23,28)(H,25,26). The molecule has 4 N–H and O–H groups in total. The van der Waals surface area contributed by atoms with Gasteiger partial charge in [0.2, 0.25) is 5.91 Å². The van der Waals surface area contributed by atoms with Crippen LogP contribution in [0.3, 0.4) is 0 Å². The maximum absolute atomic E-state index is 12.3. The monoisotopic (exact) mass is 398 g/mol. The molecule has 1 aliphatic carbocycles. The molecule has 0 bridgehead atoms. The Balaban J connectivity index is 1.18. The highest BCUT2D eigenvalue weighted by Crippen LogP contribution is 2.27. The predicted octanol–water partition coefficient (Wildman–Crippen LogP) is 1.27. The summed E-state index contributed by atoms with van der Waals surface area (Å²) >= 11 is 0. The highest BCUT2D eigenvalue weighted by Gasteiger charge is 2.39. The van der Waals surface area contributed by atoms with Gasteiger partial charge in [-0.05, 0) is 31.4 Å². The molecule has 29 heavy (non-hydrogen) atoms. The van der Waals surface area contributed by atoms with Crippen LogP contribution < -0.4 is 21.3 Å². The van der Waals surface area contributed by atoms with E-state index in [1.165, 1.54) is 0 Å². The van der Waals surface area contributed by atoms with E-state index in [1.54, 1.807) is 6.07 Å². The zero-order valence-electron chi connectivity index (χ0n) is 16.2. The van der Waals surface area contributed by atoms with Crippen LogP contribution in [0.4, 0.5) is 0 Å². The highest BCUT2D eigenvalue weighted by atomic mass is 16.3. The molecule has 2 aliphatic rings. The SMILES string of the molecule is O=C(NCCCNC(=O)C1NC(=O)C2CCCCC2N1)c1cc2ccccc2o1. The Morgan fingerprint density at radius 1 is 1.10 bits per heavy atom. The highest BCUT2D eigenvalue weighted by molar-refractivity contribution is 5.96. The lowest BCUT2D eigenvalue weighted by Crippen LogP contribution is -2.66. The number of nitrogens with one attached hydrogen (secondary N) is 4. The van der Waals surface area contributed by atoms with Gasteiger partial charge in [-0.25, -0.2) is 0 Å². The molecule has 3 atom stereocenters. The van der Waals surface area contributed by atoms with E-state index in [-0.39, 0.29) is 35.4 Å². The van der Waals surface area contributed by atoms with E-state index in [4.69, 9.17) is 4.42 Å². The molecule has 154 valence electrons. The van der Waals surface area contributed by atoms with E-state index < -0.39 is 6.17 Å². The second kappa shape index (κ2) is 8.65. The van der Waals surface area contributed by atoms with Crippen LogP contribution in [-0.2, 0) is 9.59 Å². The van der Waals surface area contributed by atoms with Crippen molar-refractivity contribution in [2.24, 2.45) is 5.92 Å². The Hall–Kier alpha value is -2.87. The molecule has 8 nitrogen and oxygen atoms in total. The zero-order valence-corrected chi connectivity index (χ0v) is 16.2. The summed E-state index contributed by atoms with van der Waals surface area (Å²) in [5.74, 6) is -0.317. The first kappa shape index (κ1) is 19.4. The van der Waals surface area contributed by atoms with Gasteiger partial charge in [0.25, 0.3) is 11.8 Å². The van der Waals surface area contributed by atoms with E-state index in [0.717, 1.165) is 31.1 Å². The third-order valence-electron chi connectivity index (χ3n) is 5.62. The topological polar surface area (TPSA) is 112 Å². The van der Waals surface area contributed by atoms with Crippen LogP contribution in [0, 0.1) is 5.92 Å². The van der Waals surface area contributed by atoms with Gasteiger partial charge in [0.15, 0.2) is 11.9 Å². The molecule has 8 heteroatoms.